The number of allylic oxidation sites excluding steroid dienone is 2. The van der Waals surface area contributed by atoms with Crippen LogP contribution >= 0.6 is 22.7 Å². The van der Waals surface area contributed by atoms with Gasteiger partial charge in [-0.1, -0.05) is 87.3 Å². The van der Waals surface area contributed by atoms with Crippen molar-refractivity contribution in [1.29, 1.82) is 0 Å². The first-order chi connectivity index (χ1) is 24.0. The van der Waals surface area contributed by atoms with E-state index in [4.69, 9.17) is 9.40 Å². The normalized spacial score (nSPS) is 12.9. The number of ketones is 1. The molecular weight excluding hydrogens is 859 g/mol. The maximum atomic E-state index is 12.2. The number of pyridine rings is 1. The Morgan fingerprint density at radius 1 is 0.923 bits per heavy atom. The van der Waals surface area contributed by atoms with Crippen LogP contribution in [0, 0.1) is 29.7 Å². The number of nitrogens with zero attached hydrogens (tertiary/aromatic N) is 1. The number of fused-ring (bicyclic) bond motifs is 6. The maximum Gasteiger partial charge on any atom is 0.164 e. The molecule has 0 aliphatic rings. The maximum absolute atomic E-state index is 12.2. The van der Waals surface area contributed by atoms with Gasteiger partial charge < -0.3 is 9.52 Å². The number of carbonyl (C=O) groups is 1. The molecule has 4 nitrogen and oxygen atoms in total. The second-order valence-corrected chi connectivity index (χ2v) is 18.2. The van der Waals surface area contributed by atoms with Crippen LogP contribution in [0.1, 0.15) is 118 Å². The average molecular weight is 915 g/mol. The van der Waals surface area contributed by atoms with Gasteiger partial charge in [0, 0.05) is 69.3 Å². The molecule has 52 heavy (non-hydrogen) atoms. The number of hydrogen-bond donors (Lipinski definition) is 1. The Kier molecular flexibility index (Phi) is 13.1. The Hall–Kier alpha value is -2.83. The summed E-state index contributed by atoms with van der Waals surface area (Å²) in [5.74, 6) is 0.914. The summed E-state index contributed by atoms with van der Waals surface area (Å²) in [6.07, 6.45) is 7.72. The average Bonchev–Trinajstić information content (AvgIpc) is 3.81. The van der Waals surface area contributed by atoms with Crippen LogP contribution in [0.25, 0.3) is 53.4 Å². The summed E-state index contributed by atoms with van der Waals surface area (Å²) in [6.45, 7) is 25.8. The first-order valence-electron chi connectivity index (χ1n) is 18.6. The fourth-order valence-corrected chi connectivity index (χ4v) is 9.31. The summed E-state index contributed by atoms with van der Waals surface area (Å²) in [5.41, 5.74) is 5.99. The Morgan fingerprint density at radius 2 is 1.56 bits per heavy atom. The molecule has 4 heterocycles. The summed E-state index contributed by atoms with van der Waals surface area (Å²) >= 11 is 3.72. The molecule has 0 saturated carbocycles. The molecule has 0 unspecified atom stereocenters. The number of aliphatic hydroxyl groups is 1. The Bertz CT molecular complexity index is 2220. The first-order valence-corrected chi connectivity index (χ1v) is 20.3. The van der Waals surface area contributed by atoms with Gasteiger partial charge in [0.2, 0.25) is 0 Å². The predicted molar refractivity (Wildman–Crippen MR) is 222 cm³/mol. The van der Waals surface area contributed by atoms with E-state index in [1.54, 1.807) is 11.3 Å². The molecule has 6 aromatic rings. The fraction of sp³-hybridized carbons (Fsp3) is 0.467. The van der Waals surface area contributed by atoms with Crippen LogP contribution in [0.15, 0.2) is 58.2 Å². The second kappa shape index (κ2) is 16.3. The number of aliphatic hydroxyl groups excluding tert-OH is 1. The van der Waals surface area contributed by atoms with Crippen molar-refractivity contribution >= 4 is 70.6 Å². The van der Waals surface area contributed by atoms with E-state index >= 15 is 0 Å². The summed E-state index contributed by atoms with van der Waals surface area (Å²) in [7, 11) is 0. The van der Waals surface area contributed by atoms with E-state index in [1.165, 1.54) is 42.3 Å². The Balaban J connectivity index is 0.000000289. The van der Waals surface area contributed by atoms with Crippen LogP contribution < -0.4 is 0 Å². The number of aryl methyl sites for hydroxylation is 1. The van der Waals surface area contributed by atoms with E-state index in [0.29, 0.717) is 5.92 Å². The SMILES string of the molecule is CCC(C)(CC)C(=O)/C=C(\O)C(C)(CC)CC.Cc1c(CC(C)C)sc2c1ccc1oc3ccnc(-c4[c-]c5ccsc5c(C(C)(C)C)c4)c3c12.[Ir]. The van der Waals surface area contributed by atoms with Crippen molar-refractivity contribution in [3.05, 3.63) is 75.8 Å². The molecule has 0 aliphatic heterocycles. The third kappa shape index (κ3) is 7.99. The molecule has 4 aromatic heterocycles. The summed E-state index contributed by atoms with van der Waals surface area (Å²) in [5, 5.41) is 17.1. The molecule has 1 radical (unpaired) electrons. The van der Waals surface area contributed by atoms with Gasteiger partial charge in [0.15, 0.2) is 5.78 Å². The number of rotatable bonds is 10. The summed E-state index contributed by atoms with van der Waals surface area (Å²) < 4.78 is 9.00. The zero-order valence-electron chi connectivity index (χ0n) is 33.1. The number of thiophene rings is 2. The molecule has 0 bridgehead atoms. The van der Waals surface area contributed by atoms with Gasteiger partial charge in [-0.15, -0.1) is 34.9 Å². The van der Waals surface area contributed by atoms with Crippen LogP contribution in [0.3, 0.4) is 0 Å². The van der Waals surface area contributed by atoms with E-state index in [0.717, 1.165) is 65.3 Å². The van der Waals surface area contributed by atoms with Crippen molar-refractivity contribution in [2.45, 2.75) is 121 Å². The zero-order chi connectivity index (χ0) is 37.5. The summed E-state index contributed by atoms with van der Waals surface area (Å²) in [4.78, 5) is 18.6. The van der Waals surface area contributed by atoms with Crippen molar-refractivity contribution in [2.75, 3.05) is 0 Å². The third-order valence-corrected chi connectivity index (χ3v) is 13.6. The fourth-order valence-electron chi connectivity index (χ4n) is 6.67. The van der Waals surface area contributed by atoms with Gasteiger partial charge in [-0.3, -0.25) is 9.78 Å². The monoisotopic (exact) mass is 915 g/mol. The largest absolute Gasteiger partial charge is 0.512 e. The van der Waals surface area contributed by atoms with E-state index in [-0.39, 0.29) is 47.9 Å². The molecule has 2 aromatic carbocycles. The minimum Gasteiger partial charge on any atom is -0.512 e. The van der Waals surface area contributed by atoms with E-state index < -0.39 is 0 Å². The van der Waals surface area contributed by atoms with Crippen molar-refractivity contribution in [3.63, 3.8) is 0 Å². The van der Waals surface area contributed by atoms with Crippen LogP contribution in [-0.4, -0.2) is 15.9 Å². The molecule has 7 heteroatoms. The zero-order valence-corrected chi connectivity index (χ0v) is 37.1. The Morgan fingerprint density at radius 3 is 2.15 bits per heavy atom. The van der Waals surface area contributed by atoms with Crippen LogP contribution in [0.5, 0.6) is 0 Å². The molecule has 0 atom stereocenters. The van der Waals surface area contributed by atoms with Crippen molar-refractivity contribution < 1.29 is 34.4 Å². The van der Waals surface area contributed by atoms with Crippen LogP contribution in [0.2, 0.25) is 0 Å². The molecular formula is C45H56IrNO3S2-. The quantitative estimate of drug-likeness (QED) is 0.0845. The van der Waals surface area contributed by atoms with Gasteiger partial charge in [0.1, 0.15) is 16.9 Å². The Labute approximate surface area is 332 Å². The number of carbonyl (C=O) groups excluding carboxylic acids is 1. The topological polar surface area (TPSA) is 63.3 Å². The van der Waals surface area contributed by atoms with Gasteiger partial charge in [0.05, 0.1) is 0 Å². The van der Waals surface area contributed by atoms with E-state index in [2.05, 4.69) is 77.3 Å². The molecule has 0 aliphatic carbocycles. The number of hydrogen-bond acceptors (Lipinski definition) is 6. The van der Waals surface area contributed by atoms with Gasteiger partial charge in [0.25, 0.3) is 0 Å². The van der Waals surface area contributed by atoms with E-state index in [1.807, 2.05) is 65.1 Å². The van der Waals surface area contributed by atoms with Crippen LogP contribution in [0.4, 0.5) is 0 Å². The predicted octanol–water partition coefficient (Wildman–Crippen LogP) is 14.3. The van der Waals surface area contributed by atoms with Crippen LogP contribution in [-0.2, 0) is 36.7 Å². The van der Waals surface area contributed by atoms with Crippen molar-refractivity contribution in [2.24, 2.45) is 16.7 Å². The molecule has 6 rings (SSSR count). The van der Waals surface area contributed by atoms with Gasteiger partial charge in [-0.05, 0) is 89.6 Å². The van der Waals surface area contributed by atoms with E-state index in [9.17, 15) is 9.90 Å². The molecule has 281 valence electrons. The third-order valence-electron chi connectivity index (χ3n) is 11.3. The smallest absolute Gasteiger partial charge is 0.164 e. The first kappa shape index (κ1) is 41.9. The standard InChI is InChI=1S/C30H28NOS2.C15H28O2.Ir/c1-16(2)13-24-17(3)20-7-8-22-26(29(20)34-24)25-23(32-22)9-11-31-27(25)19-14-18-10-12-33-28(18)21(15-19)30(4,5)6;1-7-14(5,8-2)12(16)11-13(17)15(6,9-3)10-4;/h7-12,15-16H,13H2,1-6H3;11,16H,7-10H2,1-6H3;/q-1;;/b;12-11-;. The van der Waals surface area contributed by atoms with Gasteiger partial charge in [-0.2, -0.15) is 11.3 Å². The number of furan rings is 1. The van der Waals surface area contributed by atoms with Gasteiger partial charge >= 0.3 is 0 Å². The molecule has 0 fully saturated rings. The molecule has 0 amide bonds. The molecule has 0 spiro atoms. The van der Waals surface area contributed by atoms with Crippen molar-refractivity contribution in [1.82, 2.24) is 4.98 Å². The number of benzene rings is 2. The minimum absolute atomic E-state index is 0. The molecule has 1 N–H and O–H groups in total. The summed E-state index contributed by atoms with van der Waals surface area (Å²) in [6, 6.07) is 14.5. The van der Waals surface area contributed by atoms with Crippen molar-refractivity contribution in [3.8, 4) is 11.3 Å². The van der Waals surface area contributed by atoms with Gasteiger partial charge in [-0.25, -0.2) is 0 Å². The second-order valence-electron chi connectivity index (χ2n) is 16.1. The molecule has 0 saturated heterocycles. The number of aromatic nitrogens is 1. The minimum atomic E-state index is -0.337.